The second-order valence-electron chi connectivity index (χ2n) is 3.36. The molecule has 0 bridgehead atoms. The van der Waals surface area contributed by atoms with E-state index in [1.807, 2.05) is 0 Å². The molecule has 1 rings (SSSR count). The van der Waals surface area contributed by atoms with Gasteiger partial charge in [0.2, 0.25) is 11.8 Å². The van der Waals surface area contributed by atoms with Crippen LogP contribution in [-0.4, -0.2) is 38.6 Å². The molecule has 10 heteroatoms. The van der Waals surface area contributed by atoms with Crippen molar-refractivity contribution in [3.05, 3.63) is 0 Å². The predicted molar refractivity (Wildman–Crippen MR) is 76.1 cm³/mol. The molecule has 1 heterocycles. The Morgan fingerprint density at radius 3 is 2.39 bits per heavy atom. The molecule has 0 aromatic rings. The largest absolute Gasteiger partial charge is 0.478 e. The van der Waals surface area contributed by atoms with Gasteiger partial charge in [0.25, 0.3) is 7.59 Å². The Morgan fingerprint density at radius 2 is 1.94 bits per heavy atom. The van der Waals surface area contributed by atoms with E-state index in [0.29, 0.717) is 6.42 Å². The molecular formula is C8H8Cl6N2O2. The third kappa shape index (κ3) is 5.35. The quantitative estimate of drug-likeness (QED) is 0.461. The van der Waals surface area contributed by atoms with Gasteiger partial charge in [0.05, 0.1) is 12.6 Å². The fraction of sp³-hybridized carbons (Fsp3) is 0.750. The van der Waals surface area contributed by atoms with Crippen molar-refractivity contribution in [2.24, 2.45) is 4.99 Å². The summed E-state index contributed by atoms with van der Waals surface area (Å²) in [5.74, 6) is -0.397. The minimum Gasteiger partial charge on any atom is -0.478 e. The first-order valence-electron chi connectivity index (χ1n) is 4.67. The van der Waals surface area contributed by atoms with Crippen molar-refractivity contribution >= 4 is 81.4 Å². The number of rotatable bonds is 3. The summed E-state index contributed by atoms with van der Waals surface area (Å²) in [5, 5.41) is 7.30. The molecule has 0 aromatic heterocycles. The van der Waals surface area contributed by atoms with Crippen LogP contribution in [0.5, 0.6) is 0 Å². The molecule has 0 radical (unpaired) electrons. The number of nitrogens with zero attached hydrogens (tertiary/aromatic N) is 1. The number of ether oxygens (including phenoxy) is 2. The SMILES string of the molecule is N=C(OCCC1COC(C(Cl)(Cl)Cl)=N1)C(Cl)(Cl)Cl. The number of nitrogens with one attached hydrogen (secondary N) is 1. The lowest BCUT2D eigenvalue weighted by Gasteiger charge is -2.14. The summed E-state index contributed by atoms with van der Waals surface area (Å²) in [5.41, 5.74) is 0. The maximum Gasteiger partial charge on any atom is 0.266 e. The normalized spacial score (nSPS) is 20.3. The zero-order chi connectivity index (χ0) is 14.0. The van der Waals surface area contributed by atoms with Crippen LogP contribution in [0.15, 0.2) is 4.99 Å². The Morgan fingerprint density at radius 1 is 1.33 bits per heavy atom. The lowest BCUT2D eigenvalue weighted by Crippen LogP contribution is -2.23. The Labute approximate surface area is 134 Å². The molecule has 0 saturated carbocycles. The minimum atomic E-state index is -1.86. The molecule has 1 aliphatic rings. The number of halogens is 6. The fourth-order valence-corrected chi connectivity index (χ4v) is 1.57. The standard InChI is InChI=1S/C8H8Cl6N2O2/c9-7(10,11)5(15)17-2-1-4-3-18-6(16-4)8(12,13)14/h4,15H,1-3H2. The molecule has 1 atom stereocenters. The molecule has 18 heavy (non-hydrogen) atoms. The van der Waals surface area contributed by atoms with E-state index in [4.69, 9.17) is 84.5 Å². The van der Waals surface area contributed by atoms with Crippen LogP contribution in [0.4, 0.5) is 0 Å². The van der Waals surface area contributed by atoms with Gasteiger partial charge >= 0.3 is 0 Å². The van der Waals surface area contributed by atoms with Crippen molar-refractivity contribution in [3.8, 4) is 0 Å². The van der Waals surface area contributed by atoms with Crippen LogP contribution < -0.4 is 0 Å². The number of alkyl halides is 6. The topological polar surface area (TPSA) is 54.7 Å². The molecule has 1 aliphatic heterocycles. The van der Waals surface area contributed by atoms with Gasteiger partial charge in [-0.3, -0.25) is 5.41 Å². The average molecular weight is 377 g/mol. The van der Waals surface area contributed by atoms with Crippen LogP contribution >= 0.6 is 69.6 Å². The monoisotopic (exact) mass is 374 g/mol. The zero-order valence-corrected chi connectivity index (χ0v) is 13.3. The first-order valence-corrected chi connectivity index (χ1v) is 6.94. The number of hydrogen-bond acceptors (Lipinski definition) is 4. The summed E-state index contributed by atoms with van der Waals surface area (Å²) in [4.78, 5) is 4.07. The smallest absolute Gasteiger partial charge is 0.266 e. The molecule has 0 aromatic carbocycles. The van der Waals surface area contributed by atoms with Gasteiger partial charge in [0.1, 0.15) is 6.61 Å². The molecular weight excluding hydrogens is 369 g/mol. The van der Waals surface area contributed by atoms with Crippen LogP contribution in [0.25, 0.3) is 0 Å². The lowest BCUT2D eigenvalue weighted by molar-refractivity contribution is 0.252. The summed E-state index contributed by atoms with van der Waals surface area (Å²) in [7, 11) is 0. The highest BCUT2D eigenvalue weighted by molar-refractivity contribution is 6.76. The van der Waals surface area contributed by atoms with Crippen molar-refractivity contribution in [2.75, 3.05) is 13.2 Å². The summed E-state index contributed by atoms with van der Waals surface area (Å²) < 4.78 is 6.54. The van der Waals surface area contributed by atoms with E-state index >= 15 is 0 Å². The van der Waals surface area contributed by atoms with Gasteiger partial charge in [-0.25, -0.2) is 4.99 Å². The van der Waals surface area contributed by atoms with Crippen molar-refractivity contribution in [1.82, 2.24) is 0 Å². The van der Waals surface area contributed by atoms with Crippen LogP contribution in [0, 0.1) is 5.41 Å². The van der Waals surface area contributed by atoms with Crippen molar-refractivity contribution in [3.63, 3.8) is 0 Å². The van der Waals surface area contributed by atoms with Crippen LogP contribution in [-0.2, 0) is 9.47 Å². The minimum absolute atomic E-state index is 0.0500. The van der Waals surface area contributed by atoms with E-state index in [9.17, 15) is 0 Å². The maximum absolute atomic E-state index is 7.30. The van der Waals surface area contributed by atoms with Crippen molar-refractivity contribution in [2.45, 2.75) is 20.0 Å². The predicted octanol–water partition coefficient (Wildman–Crippen LogP) is 3.91. The van der Waals surface area contributed by atoms with Crippen LogP contribution in [0.2, 0.25) is 0 Å². The maximum atomic E-state index is 7.30. The average Bonchev–Trinajstić information content (AvgIpc) is 2.64. The first-order chi connectivity index (χ1) is 8.10. The van der Waals surface area contributed by atoms with Gasteiger partial charge in [-0.1, -0.05) is 69.6 Å². The molecule has 0 fully saturated rings. The second kappa shape index (κ2) is 6.42. The van der Waals surface area contributed by atoms with Gasteiger partial charge in [-0.15, -0.1) is 0 Å². The van der Waals surface area contributed by atoms with Crippen LogP contribution in [0.1, 0.15) is 6.42 Å². The van der Waals surface area contributed by atoms with Crippen LogP contribution in [0.3, 0.4) is 0 Å². The Balaban J connectivity index is 2.35. The zero-order valence-electron chi connectivity index (χ0n) is 8.73. The number of aliphatic imine (C=N–C) groups is 1. The summed E-state index contributed by atoms with van der Waals surface area (Å²) in [6, 6.07) is -0.209. The Kier molecular flexibility index (Phi) is 5.97. The second-order valence-corrected chi connectivity index (χ2v) is 7.92. The summed E-state index contributed by atoms with van der Waals surface area (Å²) in [6.45, 7) is 0.436. The molecule has 1 N–H and O–H groups in total. The third-order valence-corrected chi connectivity index (χ3v) is 2.91. The molecule has 0 spiro atoms. The van der Waals surface area contributed by atoms with E-state index in [1.165, 1.54) is 0 Å². The highest BCUT2D eigenvalue weighted by atomic mass is 35.6. The lowest BCUT2D eigenvalue weighted by atomic mass is 10.2. The molecule has 4 nitrogen and oxygen atoms in total. The Hall–Kier alpha value is 0.680. The molecule has 1 unspecified atom stereocenters. The van der Waals surface area contributed by atoms with Crippen molar-refractivity contribution in [1.29, 1.82) is 5.41 Å². The van der Waals surface area contributed by atoms with Gasteiger partial charge in [0.15, 0.2) is 0 Å². The van der Waals surface area contributed by atoms with E-state index in [-0.39, 0.29) is 25.2 Å². The summed E-state index contributed by atoms with van der Waals surface area (Å²) in [6.07, 6.45) is 0.452. The molecule has 0 amide bonds. The van der Waals surface area contributed by atoms with E-state index in [0.717, 1.165) is 0 Å². The van der Waals surface area contributed by atoms with E-state index in [2.05, 4.69) is 4.99 Å². The fourth-order valence-electron chi connectivity index (χ4n) is 1.10. The highest BCUT2D eigenvalue weighted by Crippen LogP contribution is 2.32. The van der Waals surface area contributed by atoms with Crippen molar-refractivity contribution < 1.29 is 9.47 Å². The molecule has 0 saturated heterocycles. The van der Waals surface area contributed by atoms with E-state index in [1.54, 1.807) is 0 Å². The molecule has 104 valence electrons. The van der Waals surface area contributed by atoms with Gasteiger partial charge in [-0.2, -0.15) is 0 Å². The summed E-state index contributed by atoms with van der Waals surface area (Å²) >= 11 is 33.1. The third-order valence-electron chi connectivity index (χ3n) is 1.91. The van der Waals surface area contributed by atoms with Gasteiger partial charge in [-0.05, 0) is 0 Å². The van der Waals surface area contributed by atoms with E-state index < -0.39 is 13.5 Å². The molecule has 0 aliphatic carbocycles. The van der Waals surface area contributed by atoms with Gasteiger partial charge < -0.3 is 9.47 Å². The highest BCUT2D eigenvalue weighted by Gasteiger charge is 2.35. The van der Waals surface area contributed by atoms with Gasteiger partial charge in [0, 0.05) is 6.42 Å². The Bertz CT molecular complexity index is 348. The number of hydrogen-bond donors (Lipinski definition) is 1. The first kappa shape index (κ1) is 16.7.